The number of hydrogen-bond donors (Lipinski definition) is 2. The molecule has 0 aromatic heterocycles. The Morgan fingerprint density at radius 2 is 1.88 bits per heavy atom. The number of amides is 1. The zero-order valence-corrected chi connectivity index (χ0v) is 10.5. The molecule has 0 aromatic rings. The summed E-state index contributed by atoms with van der Waals surface area (Å²) < 4.78 is 0. The van der Waals surface area contributed by atoms with Crippen molar-refractivity contribution in [3.8, 4) is 0 Å². The lowest BCUT2D eigenvalue weighted by molar-refractivity contribution is -0.122. The van der Waals surface area contributed by atoms with Gasteiger partial charge in [-0.25, -0.2) is 0 Å². The molecule has 0 bridgehead atoms. The molecule has 1 fully saturated rings. The second-order valence-electron chi connectivity index (χ2n) is 5.03. The van der Waals surface area contributed by atoms with Crippen LogP contribution in [0.25, 0.3) is 0 Å². The molecule has 1 rings (SSSR count). The van der Waals surface area contributed by atoms with Gasteiger partial charge < -0.3 is 11.1 Å². The monoisotopic (exact) mass is 226 g/mol. The van der Waals surface area contributed by atoms with Gasteiger partial charge in [0.1, 0.15) is 0 Å². The van der Waals surface area contributed by atoms with Gasteiger partial charge in [-0.05, 0) is 50.5 Å². The Hall–Kier alpha value is -0.570. The molecule has 0 atom stereocenters. The van der Waals surface area contributed by atoms with Crippen molar-refractivity contribution < 1.29 is 4.79 Å². The van der Waals surface area contributed by atoms with Crippen LogP contribution < -0.4 is 11.1 Å². The molecule has 3 heteroatoms. The van der Waals surface area contributed by atoms with Crippen molar-refractivity contribution in [1.29, 1.82) is 0 Å². The third-order valence-electron chi connectivity index (χ3n) is 3.63. The molecule has 0 heterocycles. The van der Waals surface area contributed by atoms with Crippen molar-refractivity contribution in [3.63, 3.8) is 0 Å². The normalized spacial score (nSPS) is 25.4. The average molecular weight is 226 g/mol. The fourth-order valence-corrected chi connectivity index (χ4v) is 2.41. The van der Waals surface area contributed by atoms with Crippen LogP contribution in [0.15, 0.2) is 0 Å². The highest BCUT2D eigenvalue weighted by Gasteiger charge is 2.21. The van der Waals surface area contributed by atoms with Gasteiger partial charge in [-0.2, -0.15) is 0 Å². The molecule has 1 saturated carbocycles. The van der Waals surface area contributed by atoms with Crippen molar-refractivity contribution in [2.45, 2.75) is 51.9 Å². The first-order valence-corrected chi connectivity index (χ1v) is 6.73. The minimum atomic E-state index is 0.240. The van der Waals surface area contributed by atoms with E-state index >= 15 is 0 Å². The van der Waals surface area contributed by atoms with E-state index < -0.39 is 0 Å². The molecule has 0 spiro atoms. The summed E-state index contributed by atoms with van der Waals surface area (Å²) in [5.41, 5.74) is 5.65. The van der Waals surface area contributed by atoms with Gasteiger partial charge in [-0.1, -0.05) is 13.3 Å². The van der Waals surface area contributed by atoms with Crippen molar-refractivity contribution in [2.24, 2.45) is 17.6 Å². The van der Waals surface area contributed by atoms with Crippen LogP contribution >= 0.6 is 0 Å². The van der Waals surface area contributed by atoms with E-state index in [0.717, 1.165) is 32.4 Å². The van der Waals surface area contributed by atoms with Crippen LogP contribution in [0.1, 0.15) is 51.9 Å². The van der Waals surface area contributed by atoms with Crippen LogP contribution in [-0.4, -0.2) is 19.0 Å². The van der Waals surface area contributed by atoms with Crippen LogP contribution in [0, 0.1) is 11.8 Å². The van der Waals surface area contributed by atoms with Crippen molar-refractivity contribution in [1.82, 2.24) is 5.32 Å². The summed E-state index contributed by atoms with van der Waals surface area (Å²) >= 11 is 0. The Labute approximate surface area is 99.2 Å². The number of nitrogens with two attached hydrogens (primary N) is 1. The summed E-state index contributed by atoms with van der Waals surface area (Å²) in [5.74, 6) is 1.55. The van der Waals surface area contributed by atoms with Crippen molar-refractivity contribution >= 4 is 5.91 Å². The third-order valence-corrected chi connectivity index (χ3v) is 3.63. The lowest BCUT2D eigenvalue weighted by Gasteiger charge is -2.27. The van der Waals surface area contributed by atoms with Gasteiger partial charge in [0, 0.05) is 13.0 Å². The highest BCUT2D eigenvalue weighted by molar-refractivity contribution is 5.76. The largest absolute Gasteiger partial charge is 0.356 e. The van der Waals surface area contributed by atoms with Crippen LogP contribution in [0.4, 0.5) is 0 Å². The summed E-state index contributed by atoms with van der Waals surface area (Å²) in [4.78, 5) is 11.6. The smallest absolute Gasteiger partial charge is 0.220 e. The topological polar surface area (TPSA) is 55.1 Å². The number of carbonyl (C=O) groups is 1. The third kappa shape index (κ3) is 4.97. The maximum Gasteiger partial charge on any atom is 0.220 e. The summed E-state index contributed by atoms with van der Waals surface area (Å²) in [6.07, 6.45) is 7.74. The minimum absolute atomic E-state index is 0.240. The molecule has 0 aliphatic heterocycles. The Morgan fingerprint density at radius 1 is 1.25 bits per heavy atom. The first kappa shape index (κ1) is 13.5. The van der Waals surface area contributed by atoms with Crippen molar-refractivity contribution in [2.75, 3.05) is 13.1 Å². The zero-order valence-electron chi connectivity index (χ0n) is 10.5. The van der Waals surface area contributed by atoms with Gasteiger partial charge in [0.25, 0.3) is 0 Å². The van der Waals surface area contributed by atoms with E-state index in [1.54, 1.807) is 0 Å². The molecule has 94 valence electrons. The average Bonchev–Trinajstić information content (AvgIpc) is 2.30. The second-order valence-corrected chi connectivity index (χ2v) is 5.03. The fraction of sp³-hybridized carbons (Fsp3) is 0.923. The zero-order chi connectivity index (χ0) is 11.8. The highest BCUT2D eigenvalue weighted by atomic mass is 16.1. The van der Waals surface area contributed by atoms with Crippen LogP contribution in [-0.2, 0) is 4.79 Å². The first-order valence-electron chi connectivity index (χ1n) is 6.73. The second kappa shape index (κ2) is 7.66. The van der Waals surface area contributed by atoms with E-state index in [0.29, 0.717) is 11.8 Å². The SMILES string of the molecule is CCCCNC(=O)CC1CCC(CN)CC1. The summed E-state index contributed by atoms with van der Waals surface area (Å²) in [6, 6.07) is 0. The van der Waals surface area contributed by atoms with E-state index in [4.69, 9.17) is 5.73 Å². The van der Waals surface area contributed by atoms with E-state index in [9.17, 15) is 4.79 Å². The highest BCUT2D eigenvalue weighted by Crippen LogP contribution is 2.29. The predicted molar refractivity (Wildman–Crippen MR) is 67.0 cm³/mol. The van der Waals surface area contributed by atoms with Gasteiger partial charge in [0.15, 0.2) is 0 Å². The molecule has 16 heavy (non-hydrogen) atoms. The lowest BCUT2D eigenvalue weighted by Crippen LogP contribution is -2.29. The molecular formula is C13H26N2O. The van der Waals surface area contributed by atoms with E-state index in [-0.39, 0.29) is 5.91 Å². The molecule has 0 radical (unpaired) electrons. The van der Waals surface area contributed by atoms with Crippen LogP contribution in [0.5, 0.6) is 0 Å². The first-order chi connectivity index (χ1) is 7.76. The number of carbonyl (C=O) groups excluding carboxylic acids is 1. The molecule has 0 aromatic carbocycles. The molecule has 3 nitrogen and oxygen atoms in total. The van der Waals surface area contributed by atoms with E-state index in [1.807, 2.05) is 0 Å². The number of rotatable bonds is 6. The molecule has 1 amide bonds. The number of hydrogen-bond acceptors (Lipinski definition) is 2. The molecule has 3 N–H and O–H groups in total. The Morgan fingerprint density at radius 3 is 2.44 bits per heavy atom. The van der Waals surface area contributed by atoms with Gasteiger partial charge in [-0.3, -0.25) is 4.79 Å². The van der Waals surface area contributed by atoms with E-state index in [1.165, 1.54) is 25.7 Å². The predicted octanol–water partition coefficient (Wildman–Crippen LogP) is 2.06. The lowest BCUT2D eigenvalue weighted by atomic mass is 9.80. The number of nitrogens with one attached hydrogen (secondary N) is 1. The minimum Gasteiger partial charge on any atom is -0.356 e. The van der Waals surface area contributed by atoms with Gasteiger partial charge in [0.2, 0.25) is 5.91 Å². The summed E-state index contributed by atoms with van der Waals surface area (Å²) in [6.45, 7) is 3.79. The van der Waals surface area contributed by atoms with Gasteiger partial charge >= 0.3 is 0 Å². The van der Waals surface area contributed by atoms with Gasteiger partial charge in [-0.15, -0.1) is 0 Å². The summed E-state index contributed by atoms with van der Waals surface area (Å²) in [7, 11) is 0. The van der Waals surface area contributed by atoms with Crippen LogP contribution in [0.3, 0.4) is 0 Å². The summed E-state index contributed by atoms with van der Waals surface area (Å²) in [5, 5.41) is 2.99. The van der Waals surface area contributed by atoms with Crippen molar-refractivity contribution in [3.05, 3.63) is 0 Å². The maximum atomic E-state index is 11.6. The standard InChI is InChI=1S/C13H26N2O/c1-2-3-8-15-13(16)9-11-4-6-12(10-14)7-5-11/h11-12H,2-10,14H2,1H3,(H,15,16). The molecular weight excluding hydrogens is 200 g/mol. The molecule has 0 saturated heterocycles. The van der Waals surface area contributed by atoms with Crippen LogP contribution in [0.2, 0.25) is 0 Å². The fourth-order valence-electron chi connectivity index (χ4n) is 2.41. The quantitative estimate of drug-likeness (QED) is 0.681. The van der Waals surface area contributed by atoms with E-state index in [2.05, 4.69) is 12.2 Å². The maximum absolute atomic E-state index is 11.6. The Balaban J connectivity index is 2.10. The number of unbranched alkanes of at least 4 members (excludes halogenated alkanes) is 1. The Kier molecular flexibility index (Phi) is 6.46. The Bertz CT molecular complexity index is 198. The molecule has 1 aliphatic rings. The molecule has 1 aliphatic carbocycles. The molecule has 0 unspecified atom stereocenters. The van der Waals surface area contributed by atoms with Gasteiger partial charge in [0.05, 0.1) is 0 Å².